The van der Waals surface area contributed by atoms with E-state index < -0.39 is 16.1 Å². The zero-order chi connectivity index (χ0) is 22.4. The van der Waals surface area contributed by atoms with Crippen molar-refractivity contribution in [2.45, 2.75) is 24.4 Å². The van der Waals surface area contributed by atoms with Gasteiger partial charge in [0.05, 0.1) is 29.7 Å². The number of amides is 1. The second-order valence-corrected chi connectivity index (χ2v) is 9.14. The molecular weight excluding hydrogens is 416 g/mol. The van der Waals surface area contributed by atoms with Crippen LogP contribution in [0.5, 0.6) is 5.75 Å². The van der Waals surface area contributed by atoms with Gasteiger partial charge in [-0.05, 0) is 48.9 Å². The van der Waals surface area contributed by atoms with Crippen LogP contribution in [-0.2, 0) is 21.4 Å². The number of piperazine rings is 1. The van der Waals surface area contributed by atoms with E-state index in [4.69, 9.17) is 10.00 Å². The van der Waals surface area contributed by atoms with Crippen molar-refractivity contribution in [3.05, 3.63) is 59.7 Å². The average Bonchev–Trinajstić information content (AvgIpc) is 2.79. The van der Waals surface area contributed by atoms with Crippen molar-refractivity contribution >= 4 is 15.9 Å². The van der Waals surface area contributed by atoms with Crippen LogP contribution in [0.2, 0.25) is 0 Å². The van der Waals surface area contributed by atoms with E-state index in [9.17, 15) is 13.2 Å². The van der Waals surface area contributed by atoms with E-state index in [1.165, 1.54) is 19.2 Å². The molecule has 1 amide bonds. The highest BCUT2D eigenvalue weighted by molar-refractivity contribution is 7.89. The Hall–Kier alpha value is -2.93. The Morgan fingerprint density at radius 2 is 1.71 bits per heavy atom. The van der Waals surface area contributed by atoms with Crippen LogP contribution in [-0.4, -0.2) is 63.5 Å². The maximum absolute atomic E-state index is 12.8. The summed E-state index contributed by atoms with van der Waals surface area (Å²) >= 11 is 0. The zero-order valence-corrected chi connectivity index (χ0v) is 18.4. The Bertz CT molecular complexity index is 1040. The van der Waals surface area contributed by atoms with E-state index >= 15 is 0 Å². The Morgan fingerprint density at radius 1 is 1.10 bits per heavy atom. The van der Waals surface area contributed by atoms with Crippen molar-refractivity contribution in [1.82, 2.24) is 14.5 Å². The molecule has 3 rings (SSSR count). The van der Waals surface area contributed by atoms with Crippen LogP contribution in [0.25, 0.3) is 0 Å². The first-order valence-corrected chi connectivity index (χ1v) is 11.5. The lowest BCUT2D eigenvalue weighted by molar-refractivity contribution is -0.134. The molecule has 0 saturated carbocycles. The molecule has 1 heterocycles. The molecule has 9 heteroatoms. The minimum Gasteiger partial charge on any atom is -0.497 e. The molecule has 0 radical (unpaired) electrons. The van der Waals surface area contributed by atoms with E-state index in [1.807, 2.05) is 12.1 Å². The molecule has 31 heavy (non-hydrogen) atoms. The SMILES string of the molecule is COc1ccc(S(=O)(=O)N[C@@H](C)C(=O)N2CCN(Cc3ccc(C#N)cc3)CC2)cc1. The van der Waals surface area contributed by atoms with Crippen LogP contribution in [0.3, 0.4) is 0 Å². The Labute approximate surface area is 183 Å². The number of sulfonamides is 1. The van der Waals surface area contributed by atoms with Gasteiger partial charge in [0.2, 0.25) is 15.9 Å². The number of carbonyl (C=O) groups excluding carboxylic acids is 1. The molecule has 8 nitrogen and oxygen atoms in total. The van der Waals surface area contributed by atoms with Gasteiger partial charge in [0.15, 0.2) is 0 Å². The molecule has 164 valence electrons. The summed E-state index contributed by atoms with van der Waals surface area (Å²) in [5, 5.41) is 8.89. The van der Waals surface area contributed by atoms with Crippen molar-refractivity contribution in [3.8, 4) is 11.8 Å². The van der Waals surface area contributed by atoms with E-state index in [0.717, 1.165) is 12.1 Å². The molecule has 0 bridgehead atoms. The van der Waals surface area contributed by atoms with Gasteiger partial charge in [-0.2, -0.15) is 9.98 Å². The fourth-order valence-electron chi connectivity index (χ4n) is 3.45. The molecule has 1 saturated heterocycles. The van der Waals surface area contributed by atoms with E-state index in [2.05, 4.69) is 15.7 Å². The molecular formula is C22H26N4O4S. The van der Waals surface area contributed by atoms with Gasteiger partial charge in [0, 0.05) is 32.7 Å². The fourth-order valence-corrected chi connectivity index (χ4v) is 4.65. The van der Waals surface area contributed by atoms with Crippen molar-refractivity contribution in [2.75, 3.05) is 33.3 Å². The van der Waals surface area contributed by atoms with E-state index in [0.29, 0.717) is 37.5 Å². The number of nitrogens with one attached hydrogen (secondary N) is 1. The molecule has 2 aromatic rings. The van der Waals surface area contributed by atoms with Crippen molar-refractivity contribution < 1.29 is 17.9 Å². The summed E-state index contributed by atoms with van der Waals surface area (Å²) in [6.45, 7) is 4.76. The average molecular weight is 443 g/mol. The van der Waals surface area contributed by atoms with Crippen molar-refractivity contribution in [1.29, 1.82) is 5.26 Å². The second-order valence-electron chi connectivity index (χ2n) is 7.43. The topological polar surface area (TPSA) is 103 Å². The number of hydrogen-bond donors (Lipinski definition) is 1. The molecule has 1 N–H and O–H groups in total. The first-order chi connectivity index (χ1) is 14.8. The van der Waals surface area contributed by atoms with E-state index in [-0.39, 0.29) is 10.8 Å². The van der Waals surface area contributed by atoms with Crippen LogP contribution < -0.4 is 9.46 Å². The molecule has 1 fully saturated rings. The maximum atomic E-state index is 12.8. The summed E-state index contributed by atoms with van der Waals surface area (Å²) in [4.78, 5) is 16.8. The third-order valence-corrected chi connectivity index (χ3v) is 6.80. The minimum absolute atomic E-state index is 0.0835. The van der Waals surface area contributed by atoms with Gasteiger partial charge < -0.3 is 9.64 Å². The predicted molar refractivity (Wildman–Crippen MR) is 116 cm³/mol. The zero-order valence-electron chi connectivity index (χ0n) is 17.6. The monoisotopic (exact) mass is 442 g/mol. The summed E-state index contributed by atoms with van der Waals surface area (Å²) < 4.78 is 32.7. The van der Waals surface area contributed by atoms with Crippen molar-refractivity contribution in [2.24, 2.45) is 0 Å². The molecule has 0 spiro atoms. The van der Waals surface area contributed by atoms with Crippen LogP contribution in [0.15, 0.2) is 53.4 Å². The number of benzene rings is 2. The smallest absolute Gasteiger partial charge is 0.241 e. The quantitative estimate of drug-likeness (QED) is 0.698. The van der Waals surface area contributed by atoms with Crippen LogP contribution in [0.4, 0.5) is 0 Å². The molecule has 2 aromatic carbocycles. The van der Waals surface area contributed by atoms with Crippen LogP contribution >= 0.6 is 0 Å². The van der Waals surface area contributed by atoms with Crippen LogP contribution in [0, 0.1) is 11.3 Å². The summed E-state index contributed by atoms with van der Waals surface area (Å²) in [7, 11) is -2.31. The number of ether oxygens (including phenoxy) is 1. The first-order valence-electron chi connectivity index (χ1n) is 9.99. The molecule has 0 aromatic heterocycles. The second kappa shape index (κ2) is 9.92. The van der Waals surface area contributed by atoms with Gasteiger partial charge in [0.25, 0.3) is 0 Å². The molecule has 0 unspecified atom stereocenters. The number of carbonyl (C=O) groups is 1. The predicted octanol–water partition coefficient (Wildman–Crippen LogP) is 1.58. The Morgan fingerprint density at radius 3 is 2.26 bits per heavy atom. The Kier molecular flexibility index (Phi) is 7.28. The molecule has 1 atom stereocenters. The summed E-state index contributed by atoms with van der Waals surface area (Å²) in [5.74, 6) is 0.317. The van der Waals surface area contributed by atoms with Gasteiger partial charge in [-0.15, -0.1) is 0 Å². The number of rotatable bonds is 7. The summed E-state index contributed by atoms with van der Waals surface area (Å²) in [6.07, 6.45) is 0. The van der Waals surface area contributed by atoms with Gasteiger partial charge in [-0.25, -0.2) is 8.42 Å². The van der Waals surface area contributed by atoms with Gasteiger partial charge >= 0.3 is 0 Å². The van der Waals surface area contributed by atoms with Gasteiger partial charge in [0.1, 0.15) is 5.75 Å². The number of nitrogens with zero attached hydrogens (tertiary/aromatic N) is 3. The largest absolute Gasteiger partial charge is 0.497 e. The molecule has 0 aliphatic carbocycles. The normalized spacial score (nSPS) is 15.8. The maximum Gasteiger partial charge on any atom is 0.241 e. The van der Waals surface area contributed by atoms with E-state index in [1.54, 1.807) is 36.1 Å². The summed E-state index contributed by atoms with van der Waals surface area (Å²) in [6, 6.07) is 14.7. The lowest BCUT2D eigenvalue weighted by atomic mass is 10.1. The third kappa shape index (κ3) is 5.82. The van der Waals surface area contributed by atoms with Gasteiger partial charge in [-0.1, -0.05) is 12.1 Å². The molecule has 1 aliphatic heterocycles. The standard InChI is InChI=1S/C22H26N4O4S/c1-17(24-31(28,29)21-9-7-20(30-2)8-10-21)22(27)26-13-11-25(12-14-26)16-19-5-3-18(15-23)4-6-19/h3-10,17,24H,11-14,16H2,1-2H3/t17-/m0/s1. The number of nitriles is 1. The third-order valence-electron chi connectivity index (χ3n) is 5.25. The van der Waals surface area contributed by atoms with Crippen molar-refractivity contribution in [3.63, 3.8) is 0 Å². The number of hydrogen-bond acceptors (Lipinski definition) is 6. The minimum atomic E-state index is -3.81. The van der Waals surface area contributed by atoms with Gasteiger partial charge in [-0.3, -0.25) is 9.69 Å². The number of methoxy groups -OCH3 is 1. The first kappa shape index (κ1) is 22.7. The highest BCUT2D eigenvalue weighted by Crippen LogP contribution is 2.16. The highest BCUT2D eigenvalue weighted by Gasteiger charge is 2.28. The summed E-state index contributed by atoms with van der Waals surface area (Å²) in [5.41, 5.74) is 1.74. The Balaban J connectivity index is 1.52. The highest BCUT2D eigenvalue weighted by atomic mass is 32.2. The van der Waals surface area contributed by atoms with Crippen LogP contribution in [0.1, 0.15) is 18.1 Å². The molecule has 1 aliphatic rings. The lowest BCUT2D eigenvalue weighted by Crippen LogP contribution is -2.53. The fraction of sp³-hybridized carbons (Fsp3) is 0.364. The lowest BCUT2D eigenvalue weighted by Gasteiger charge is -2.36.